The summed E-state index contributed by atoms with van der Waals surface area (Å²) >= 11 is 0. The Kier molecular flexibility index (Phi) is 2.22. The predicted octanol–water partition coefficient (Wildman–Crippen LogP) is 0.0627. The molecule has 0 bridgehead atoms. The van der Waals surface area contributed by atoms with E-state index in [-0.39, 0.29) is 12.1 Å². The molecule has 66 valence electrons. The molecule has 0 aliphatic carbocycles. The van der Waals surface area contributed by atoms with Crippen LogP contribution in [0.2, 0.25) is 0 Å². The van der Waals surface area contributed by atoms with E-state index in [0.29, 0.717) is 0 Å². The third-order valence-electron chi connectivity index (χ3n) is 2.16. The van der Waals surface area contributed by atoms with Crippen LogP contribution in [0.3, 0.4) is 0 Å². The summed E-state index contributed by atoms with van der Waals surface area (Å²) in [6, 6.07) is 0.139. The highest BCUT2D eigenvalue weighted by molar-refractivity contribution is 7.86. The minimum atomic E-state index is -3.47. The van der Waals surface area contributed by atoms with Gasteiger partial charge in [-0.3, -0.25) is 0 Å². The van der Waals surface area contributed by atoms with Crippen molar-refractivity contribution in [3.05, 3.63) is 0 Å². The second kappa shape index (κ2) is 2.73. The average Bonchev–Trinajstić information content (AvgIpc) is 2.08. The highest BCUT2D eigenvalue weighted by Crippen LogP contribution is 2.24. The first-order valence-corrected chi connectivity index (χ1v) is 5.24. The Balaban J connectivity index is 2.86. The maximum Gasteiger partial charge on any atom is 0.277 e. The van der Waals surface area contributed by atoms with Gasteiger partial charge in [0.05, 0.1) is 0 Å². The van der Waals surface area contributed by atoms with Crippen LogP contribution in [0.1, 0.15) is 26.7 Å². The van der Waals surface area contributed by atoms with Crippen molar-refractivity contribution >= 4 is 10.2 Å². The minimum Gasteiger partial charge on any atom is -0.216 e. The zero-order valence-corrected chi connectivity index (χ0v) is 7.63. The highest BCUT2D eigenvalue weighted by atomic mass is 32.2. The summed E-state index contributed by atoms with van der Waals surface area (Å²) in [7, 11) is -3.47. The first-order chi connectivity index (χ1) is 4.93. The summed E-state index contributed by atoms with van der Waals surface area (Å²) in [5, 5.41) is 5.02. The van der Waals surface area contributed by atoms with Gasteiger partial charge in [0.15, 0.2) is 0 Å². The van der Waals surface area contributed by atoms with Gasteiger partial charge in [0, 0.05) is 12.1 Å². The normalized spacial score (nSPS) is 34.5. The number of nitrogens with zero attached hydrogens (tertiary/aromatic N) is 1. The molecule has 0 aromatic rings. The third kappa shape index (κ3) is 1.72. The Morgan fingerprint density at radius 2 is 1.64 bits per heavy atom. The maximum atomic E-state index is 11.0. The first kappa shape index (κ1) is 8.96. The fraction of sp³-hybridized carbons (Fsp3) is 1.00. The van der Waals surface area contributed by atoms with Crippen molar-refractivity contribution in [3.63, 3.8) is 0 Å². The van der Waals surface area contributed by atoms with Gasteiger partial charge < -0.3 is 0 Å². The number of hydrogen-bond donors (Lipinski definition) is 1. The molecule has 0 spiro atoms. The van der Waals surface area contributed by atoms with Gasteiger partial charge in [0.25, 0.3) is 10.2 Å². The van der Waals surface area contributed by atoms with E-state index < -0.39 is 10.2 Å². The van der Waals surface area contributed by atoms with Gasteiger partial charge >= 0.3 is 0 Å². The lowest BCUT2D eigenvalue weighted by Crippen LogP contribution is -2.42. The molecule has 5 heteroatoms. The van der Waals surface area contributed by atoms with Gasteiger partial charge in [0.2, 0.25) is 0 Å². The molecule has 0 aromatic heterocycles. The van der Waals surface area contributed by atoms with Crippen molar-refractivity contribution in [2.45, 2.75) is 38.8 Å². The molecule has 1 heterocycles. The lowest BCUT2D eigenvalue weighted by molar-refractivity contribution is 0.351. The lowest BCUT2D eigenvalue weighted by atomic mass is 10.2. The monoisotopic (exact) mass is 178 g/mol. The SMILES string of the molecule is C[C@@H]1CC[C@@H](C)N1S(N)(=O)=O. The quantitative estimate of drug-likeness (QED) is 0.617. The van der Waals surface area contributed by atoms with Gasteiger partial charge in [-0.2, -0.15) is 12.7 Å². The Labute approximate surface area is 67.6 Å². The van der Waals surface area contributed by atoms with E-state index in [0.717, 1.165) is 12.8 Å². The molecule has 0 saturated carbocycles. The average molecular weight is 178 g/mol. The number of nitrogens with two attached hydrogens (primary N) is 1. The molecule has 1 fully saturated rings. The molecule has 1 aliphatic heterocycles. The molecule has 0 aromatic carbocycles. The molecule has 2 atom stereocenters. The van der Waals surface area contributed by atoms with Crippen LogP contribution in [-0.4, -0.2) is 24.8 Å². The van der Waals surface area contributed by atoms with Crippen molar-refractivity contribution in [3.8, 4) is 0 Å². The summed E-state index contributed by atoms with van der Waals surface area (Å²) in [5.41, 5.74) is 0. The summed E-state index contributed by atoms with van der Waals surface area (Å²) in [6.45, 7) is 3.77. The van der Waals surface area contributed by atoms with Crippen LogP contribution in [0.15, 0.2) is 0 Å². The van der Waals surface area contributed by atoms with Crippen LogP contribution in [0.5, 0.6) is 0 Å². The smallest absolute Gasteiger partial charge is 0.216 e. The zero-order valence-electron chi connectivity index (χ0n) is 6.82. The van der Waals surface area contributed by atoms with E-state index in [1.807, 2.05) is 13.8 Å². The molecule has 1 rings (SSSR count). The molecule has 0 unspecified atom stereocenters. The fourth-order valence-corrected chi connectivity index (χ4v) is 2.89. The van der Waals surface area contributed by atoms with Crippen LogP contribution in [0.4, 0.5) is 0 Å². The van der Waals surface area contributed by atoms with Crippen LogP contribution in [0, 0.1) is 0 Å². The molecule has 0 radical (unpaired) electrons. The molecule has 1 saturated heterocycles. The van der Waals surface area contributed by atoms with Gasteiger partial charge in [0.1, 0.15) is 0 Å². The fourth-order valence-electron chi connectivity index (χ4n) is 1.67. The summed E-state index contributed by atoms with van der Waals surface area (Å²) in [6.07, 6.45) is 1.83. The first-order valence-electron chi connectivity index (χ1n) is 3.74. The van der Waals surface area contributed by atoms with E-state index >= 15 is 0 Å². The second-order valence-electron chi connectivity index (χ2n) is 3.15. The van der Waals surface area contributed by atoms with Gasteiger partial charge in [-0.05, 0) is 26.7 Å². The van der Waals surface area contributed by atoms with E-state index in [4.69, 9.17) is 5.14 Å². The van der Waals surface area contributed by atoms with E-state index in [1.165, 1.54) is 4.31 Å². The predicted molar refractivity (Wildman–Crippen MR) is 43.1 cm³/mol. The van der Waals surface area contributed by atoms with E-state index in [9.17, 15) is 8.42 Å². The lowest BCUT2D eigenvalue weighted by Gasteiger charge is -2.22. The van der Waals surface area contributed by atoms with Crippen LogP contribution < -0.4 is 5.14 Å². The minimum absolute atomic E-state index is 0.0694. The van der Waals surface area contributed by atoms with E-state index in [2.05, 4.69) is 0 Å². The second-order valence-corrected chi connectivity index (χ2v) is 4.60. The summed E-state index contributed by atoms with van der Waals surface area (Å²) < 4.78 is 23.3. The molecule has 0 amide bonds. The number of rotatable bonds is 1. The van der Waals surface area contributed by atoms with Crippen molar-refractivity contribution in [2.75, 3.05) is 0 Å². The Hall–Kier alpha value is -0.130. The standard InChI is InChI=1S/C6H14N2O2S/c1-5-3-4-6(2)8(5)11(7,9)10/h5-6H,3-4H2,1-2H3,(H2,7,9,10)/t5-,6-/m1/s1. The van der Waals surface area contributed by atoms with Gasteiger partial charge in [-0.25, -0.2) is 5.14 Å². The molecule has 1 aliphatic rings. The Bertz CT molecular complexity index is 227. The highest BCUT2D eigenvalue weighted by Gasteiger charge is 2.34. The maximum absolute atomic E-state index is 11.0. The van der Waals surface area contributed by atoms with Crippen LogP contribution in [0.25, 0.3) is 0 Å². The van der Waals surface area contributed by atoms with Crippen molar-refractivity contribution < 1.29 is 8.42 Å². The van der Waals surface area contributed by atoms with Crippen molar-refractivity contribution in [2.24, 2.45) is 5.14 Å². The largest absolute Gasteiger partial charge is 0.277 e. The third-order valence-corrected chi connectivity index (χ3v) is 3.47. The molecule has 11 heavy (non-hydrogen) atoms. The van der Waals surface area contributed by atoms with Gasteiger partial charge in [-0.1, -0.05) is 0 Å². The molecule has 4 nitrogen and oxygen atoms in total. The van der Waals surface area contributed by atoms with Gasteiger partial charge in [-0.15, -0.1) is 0 Å². The topological polar surface area (TPSA) is 63.4 Å². The Morgan fingerprint density at radius 3 is 1.82 bits per heavy atom. The molecule has 2 N–H and O–H groups in total. The van der Waals surface area contributed by atoms with Crippen LogP contribution >= 0.6 is 0 Å². The van der Waals surface area contributed by atoms with Crippen molar-refractivity contribution in [1.82, 2.24) is 4.31 Å². The Morgan fingerprint density at radius 1 is 1.27 bits per heavy atom. The zero-order chi connectivity index (χ0) is 8.65. The molecular weight excluding hydrogens is 164 g/mol. The molecular formula is C6H14N2O2S. The number of hydrogen-bond acceptors (Lipinski definition) is 2. The summed E-state index contributed by atoms with van der Waals surface area (Å²) in [4.78, 5) is 0. The van der Waals surface area contributed by atoms with E-state index in [1.54, 1.807) is 0 Å². The van der Waals surface area contributed by atoms with Crippen LogP contribution in [-0.2, 0) is 10.2 Å². The summed E-state index contributed by atoms with van der Waals surface area (Å²) in [5.74, 6) is 0. The van der Waals surface area contributed by atoms with Crippen molar-refractivity contribution in [1.29, 1.82) is 0 Å².